The van der Waals surface area contributed by atoms with Crippen molar-refractivity contribution in [3.63, 3.8) is 0 Å². The van der Waals surface area contributed by atoms with Crippen molar-refractivity contribution in [1.82, 2.24) is 9.88 Å². The van der Waals surface area contributed by atoms with Crippen LogP contribution in [0.3, 0.4) is 0 Å². The number of nitrogens with one attached hydrogen (secondary N) is 1. The summed E-state index contributed by atoms with van der Waals surface area (Å²) in [5.74, 6) is -1.77. The minimum atomic E-state index is -1.29. The van der Waals surface area contributed by atoms with Crippen molar-refractivity contribution in [2.75, 3.05) is 18.0 Å². The lowest BCUT2D eigenvalue weighted by molar-refractivity contribution is 0.0695. The topological polar surface area (TPSA) is 74.6 Å². The maximum absolute atomic E-state index is 14.7. The fourth-order valence-electron chi connectivity index (χ4n) is 3.89. The van der Waals surface area contributed by atoms with Gasteiger partial charge in [0.25, 0.3) is 0 Å². The van der Waals surface area contributed by atoms with E-state index < -0.39 is 17.2 Å². The number of aryl methyl sites for hydroxylation is 1. The highest BCUT2D eigenvalue weighted by Gasteiger charge is 2.38. The van der Waals surface area contributed by atoms with Crippen LogP contribution in [0.4, 0.5) is 10.1 Å². The van der Waals surface area contributed by atoms with Crippen LogP contribution in [0, 0.1) is 5.82 Å². The maximum atomic E-state index is 14.7. The smallest absolute Gasteiger partial charge is 0.341 e. The maximum Gasteiger partial charge on any atom is 0.341 e. The molecule has 2 aliphatic rings. The molecule has 7 heteroatoms. The van der Waals surface area contributed by atoms with Gasteiger partial charge in [-0.2, -0.15) is 0 Å². The van der Waals surface area contributed by atoms with Crippen LogP contribution in [0.25, 0.3) is 10.9 Å². The SMILES string of the molecule is CCn1cc(C(=O)O)c(=O)c2cc(F)c(N3C[C@@H]4C[C@H]3CN4)cc21. The first-order valence-corrected chi connectivity index (χ1v) is 8.09. The second kappa shape index (κ2) is 5.31. The Hall–Kier alpha value is -2.41. The predicted molar refractivity (Wildman–Crippen MR) is 88.3 cm³/mol. The van der Waals surface area contributed by atoms with E-state index in [1.165, 1.54) is 12.3 Å². The van der Waals surface area contributed by atoms with Gasteiger partial charge in [0.05, 0.1) is 11.2 Å². The molecule has 1 aromatic carbocycles. The number of benzene rings is 1. The number of hydrogen-bond acceptors (Lipinski definition) is 4. The van der Waals surface area contributed by atoms with E-state index in [1.807, 2.05) is 11.8 Å². The van der Waals surface area contributed by atoms with Gasteiger partial charge in [-0.1, -0.05) is 0 Å². The number of nitrogens with zero attached hydrogens (tertiary/aromatic N) is 2. The third-order valence-electron chi connectivity index (χ3n) is 5.09. The molecule has 0 radical (unpaired) electrons. The van der Waals surface area contributed by atoms with E-state index in [0.29, 0.717) is 23.8 Å². The molecule has 0 unspecified atom stereocenters. The number of pyridine rings is 1. The summed E-state index contributed by atoms with van der Waals surface area (Å²) in [4.78, 5) is 25.7. The number of halogens is 1. The van der Waals surface area contributed by atoms with E-state index in [0.717, 1.165) is 19.5 Å². The normalized spacial score (nSPS) is 22.5. The van der Waals surface area contributed by atoms with Crippen LogP contribution in [-0.2, 0) is 6.54 Å². The van der Waals surface area contributed by atoms with Crippen molar-refractivity contribution in [2.24, 2.45) is 0 Å². The van der Waals surface area contributed by atoms with E-state index in [2.05, 4.69) is 5.32 Å². The molecule has 0 spiro atoms. The minimum absolute atomic E-state index is 0.112. The number of anilines is 1. The molecule has 0 aliphatic carbocycles. The zero-order chi connectivity index (χ0) is 17.0. The van der Waals surface area contributed by atoms with Gasteiger partial charge in [-0.3, -0.25) is 4.79 Å². The number of carbonyl (C=O) groups is 1. The molecule has 0 saturated carbocycles. The Kier molecular flexibility index (Phi) is 3.35. The number of hydrogen-bond donors (Lipinski definition) is 2. The Morgan fingerprint density at radius 2 is 2.25 bits per heavy atom. The lowest BCUT2D eigenvalue weighted by Crippen LogP contribution is -2.44. The summed E-state index contributed by atoms with van der Waals surface area (Å²) >= 11 is 0. The van der Waals surface area contributed by atoms with Crippen molar-refractivity contribution < 1.29 is 14.3 Å². The van der Waals surface area contributed by atoms with E-state index >= 15 is 0 Å². The first kappa shape index (κ1) is 15.1. The summed E-state index contributed by atoms with van der Waals surface area (Å²) in [6.07, 6.45) is 2.34. The monoisotopic (exact) mass is 331 g/mol. The van der Waals surface area contributed by atoms with Crippen LogP contribution in [-0.4, -0.2) is 40.8 Å². The molecule has 2 aliphatic heterocycles. The highest BCUT2D eigenvalue weighted by molar-refractivity contribution is 5.93. The molecule has 2 aromatic rings. The molecule has 0 amide bonds. The van der Waals surface area contributed by atoms with E-state index in [9.17, 15) is 19.1 Å². The number of aromatic nitrogens is 1. The summed E-state index contributed by atoms with van der Waals surface area (Å²) < 4.78 is 16.4. The quantitative estimate of drug-likeness (QED) is 0.889. The zero-order valence-corrected chi connectivity index (χ0v) is 13.3. The van der Waals surface area contributed by atoms with Gasteiger partial charge in [-0.15, -0.1) is 0 Å². The molecule has 2 bridgehead atoms. The number of carboxylic acid groups (broad SMARTS) is 1. The summed E-state index contributed by atoms with van der Waals surface area (Å²) in [7, 11) is 0. The van der Waals surface area contributed by atoms with Crippen LogP contribution in [0.5, 0.6) is 0 Å². The van der Waals surface area contributed by atoms with Crippen LogP contribution < -0.4 is 15.6 Å². The molecule has 6 nitrogen and oxygen atoms in total. The molecule has 2 atom stereocenters. The van der Waals surface area contributed by atoms with Crippen LogP contribution in [0.15, 0.2) is 23.1 Å². The number of rotatable bonds is 3. The molecule has 24 heavy (non-hydrogen) atoms. The highest BCUT2D eigenvalue weighted by Crippen LogP contribution is 2.33. The average molecular weight is 331 g/mol. The first-order valence-electron chi connectivity index (χ1n) is 8.09. The Morgan fingerprint density at radius 1 is 1.46 bits per heavy atom. The molecule has 4 rings (SSSR count). The molecule has 126 valence electrons. The Bertz CT molecular complexity index is 908. The van der Waals surface area contributed by atoms with E-state index in [-0.39, 0.29) is 17.0 Å². The van der Waals surface area contributed by atoms with Gasteiger partial charge in [0.2, 0.25) is 5.43 Å². The van der Waals surface area contributed by atoms with Gasteiger partial charge in [-0.05, 0) is 25.5 Å². The number of aromatic carboxylic acids is 1. The molecule has 2 N–H and O–H groups in total. The number of carboxylic acids is 1. The van der Waals surface area contributed by atoms with E-state index in [1.54, 1.807) is 10.6 Å². The second-order valence-corrected chi connectivity index (χ2v) is 6.43. The molecule has 3 heterocycles. The molecular weight excluding hydrogens is 313 g/mol. The minimum Gasteiger partial charge on any atom is -0.477 e. The molecular formula is C17H18FN3O3. The molecule has 2 saturated heterocycles. The average Bonchev–Trinajstić information content (AvgIpc) is 3.18. The summed E-state index contributed by atoms with van der Waals surface area (Å²) in [5.41, 5.74) is 0.0824. The highest BCUT2D eigenvalue weighted by atomic mass is 19.1. The third kappa shape index (κ3) is 2.11. The van der Waals surface area contributed by atoms with E-state index in [4.69, 9.17) is 0 Å². The predicted octanol–water partition coefficient (Wildman–Crippen LogP) is 1.41. The lowest BCUT2D eigenvalue weighted by Gasteiger charge is -2.30. The first-order chi connectivity index (χ1) is 11.5. The van der Waals surface area contributed by atoms with Crippen molar-refractivity contribution in [3.8, 4) is 0 Å². The van der Waals surface area contributed by atoms with Gasteiger partial charge in [0.15, 0.2) is 0 Å². The van der Waals surface area contributed by atoms with Crippen LogP contribution in [0.2, 0.25) is 0 Å². The summed E-state index contributed by atoms with van der Waals surface area (Å²) in [6.45, 7) is 3.94. The fourth-order valence-corrected chi connectivity index (χ4v) is 3.89. The Balaban J connectivity index is 1.93. The van der Waals surface area contributed by atoms with Crippen molar-refractivity contribution in [3.05, 3.63) is 39.9 Å². The number of fused-ring (bicyclic) bond motifs is 3. The lowest BCUT2D eigenvalue weighted by atomic mass is 10.1. The third-order valence-corrected chi connectivity index (χ3v) is 5.09. The van der Waals surface area contributed by atoms with Crippen molar-refractivity contribution >= 4 is 22.6 Å². The van der Waals surface area contributed by atoms with Crippen LogP contribution in [0.1, 0.15) is 23.7 Å². The van der Waals surface area contributed by atoms with Crippen molar-refractivity contribution in [2.45, 2.75) is 32.0 Å². The Labute approximate surface area is 137 Å². The van der Waals surface area contributed by atoms with Gasteiger partial charge in [-0.25, -0.2) is 9.18 Å². The fraction of sp³-hybridized carbons (Fsp3) is 0.412. The Morgan fingerprint density at radius 3 is 2.83 bits per heavy atom. The zero-order valence-electron chi connectivity index (χ0n) is 13.3. The second-order valence-electron chi connectivity index (χ2n) is 6.43. The van der Waals surface area contributed by atoms with Gasteiger partial charge in [0.1, 0.15) is 11.4 Å². The van der Waals surface area contributed by atoms with Gasteiger partial charge >= 0.3 is 5.97 Å². The van der Waals surface area contributed by atoms with Gasteiger partial charge < -0.3 is 19.9 Å². The largest absolute Gasteiger partial charge is 0.477 e. The summed E-state index contributed by atoms with van der Waals surface area (Å²) in [5, 5.41) is 12.7. The molecule has 1 aromatic heterocycles. The molecule has 2 fully saturated rings. The van der Waals surface area contributed by atoms with Gasteiger partial charge in [0, 0.05) is 43.3 Å². The summed E-state index contributed by atoms with van der Waals surface area (Å²) in [6, 6.07) is 3.52. The standard InChI is InChI=1S/C17H18FN3O3/c1-2-20-8-12(17(23)24)16(22)11-4-13(18)15(5-14(11)20)21-7-9-3-10(21)6-19-9/h4-5,8-10,19H,2-3,6-7H2,1H3,(H,23,24)/t9-,10-/m0/s1. The number of piperazine rings is 1. The van der Waals surface area contributed by atoms with Crippen molar-refractivity contribution in [1.29, 1.82) is 0 Å². The van der Waals surface area contributed by atoms with Crippen LogP contribution >= 0.6 is 0 Å².